The summed E-state index contributed by atoms with van der Waals surface area (Å²) in [5.74, 6) is -0.215. The van der Waals surface area contributed by atoms with Crippen molar-refractivity contribution >= 4 is 24.0 Å². The Hall–Kier alpha value is -1.70. The zero-order chi connectivity index (χ0) is 14.4. The predicted molar refractivity (Wildman–Crippen MR) is 79.9 cm³/mol. The lowest BCUT2D eigenvalue weighted by molar-refractivity contribution is -0.384. The highest BCUT2D eigenvalue weighted by Gasteiger charge is 2.11. The average molecular weight is 316 g/mol. The summed E-state index contributed by atoms with van der Waals surface area (Å²) >= 11 is 0. The molecule has 116 valence electrons. The van der Waals surface area contributed by atoms with Crippen LogP contribution in [0.4, 0.5) is 5.69 Å². The molecule has 0 unspecified atom stereocenters. The number of nitrogens with zero attached hydrogens (tertiary/aromatic N) is 2. The van der Waals surface area contributed by atoms with Gasteiger partial charge in [0.05, 0.1) is 18.1 Å². The van der Waals surface area contributed by atoms with Gasteiger partial charge in [0.25, 0.3) is 11.6 Å². The molecule has 2 rings (SSSR count). The normalized spacial score (nSPS) is 15.0. The van der Waals surface area contributed by atoms with Crippen molar-refractivity contribution in [1.82, 2.24) is 10.2 Å². The van der Waals surface area contributed by atoms with Crippen LogP contribution in [-0.2, 0) is 4.74 Å². The van der Waals surface area contributed by atoms with E-state index in [2.05, 4.69) is 10.2 Å². The third-order valence-electron chi connectivity index (χ3n) is 3.16. The Labute approximate surface area is 128 Å². The van der Waals surface area contributed by atoms with Gasteiger partial charge in [0, 0.05) is 43.9 Å². The van der Waals surface area contributed by atoms with Gasteiger partial charge in [-0.25, -0.2) is 0 Å². The number of ether oxygens (including phenoxy) is 1. The van der Waals surface area contributed by atoms with Crippen molar-refractivity contribution in [2.24, 2.45) is 0 Å². The lowest BCUT2D eigenvalue weighted by Gasteiger charge is -2.26. The van der Waals surface area contributed by atoms with E-state index in [9.17, 15) is 14.9 Å². The fourth-order valence-corrected chi connectivity index (χ4v) is 1.99. The number of nitro groups is 1. The minimum atomic E-state index is -0.486. The quantitative estimate of drug-likeness (QED) is 0.649. The maximum atomic E-state index is 11.8. The number of carbonyl (C=O) groups is 1. The highest BCUT2D eigenvalue weighted by molar-refractivity contribution is 5.94. The van der Waals surface area contributed by atoms with E-state index < -0.39 is 4.92 Å². The molecular weight excluding hydrogens is 298 g/mol. The van der Waals surface area contributed by atoms with Crippen LogP contribution in [0, 0.1) is 10.1 Å². The molecule has 1 amide bonds. The van der Waals surface area contributed by atoms with Gasteiger partial charge in [-0.15, -0.1) is 12.4 Å². The Morgan fingerprint density at radius 1 is 1.29 bits per heavy atom. The number of hydrogen-bond acceptors (Lipinski definition) is 5. The van der Waals surface area contributed by atoms with Gasteiger partial charge in [-0.2, -0.15) is 0 Å². The number of hydrogen-bond donors (Lipinski definition) is 1. The fraction of sp³-hybridized carbons (Fsp3) is 0.462. The SMILES string of the molecule is Cl.O=C(NCCN1CCOCC1)c1ccc([N+](=O)[O-])cc1. The number of nitro benzene ring substituents is 1. The van der Waals surface area contributed by atoms with E-state index in [0.29, 0.717) is 12.1 Å². The fourth-order valence-electron chi connectivity index (χ4n) is 1.99. The maximum absolute atomic E-state index is 11.8. The summed E-state index contributed by atoms with van der Waals surface area (Å²) in [5.41, 5.74) is 0.410. The largest absolute Gasteiger partial charge is 0.379 e. The highest BCUT2D eigenvalue weighted by atomic mass is 35.5. The molecule has 8 heteroatoms. The molecule has 1 aliphatic heterocycles. The van der Waals surface area contributed by atoms with Crippen LogP contribution in [0.2, 0.25) is 0 Å². The van der Waals surface area contributed by atoms with Crippen LogP contribution in [0.5, 0.6) is 0 Å². The number of halogens is 1. The van der Waals surface area contributed by atoms with Gasteiger partial charge in [0.2, 0.25) is 0 Å². The second kappa shape index (κ2) is 8.56. The van der Waals surface area contributed by atoms with Gasteiger partial charge in [-0.3, -0.25) is 19.8 Å². The van der Waals surface area contributed by atoms with Crippen molar-refractivity contribution in [2.75, 3.05) is 39.4 Å². The Kier molecular flexibility index (Phi) is 7.07. The van der Waals surface area contributed by atoms with Gasteiger partial charge in [0.1, 0.15) is 0 Å². The highest BCUT2D eigenvalue weighted by Crippen LogP contribution is 2.11. The second-order valence-electron chi connectivity index (χ2n) is 4.51. The van der Waals surface area contributed by atoms with E-state index in [1.165, 1.54) is 24.3 Å². The van der Waals surface area contributed by atoms with Crippen molar-refractivity contribution < 1.29 is 14.5 Å². The lowest BCUT2D eigenvalue weighted by atomic mass is 10.2. The number of nitrogens with one attached hydrogen (secondary N) is 1. The summed E-state index contributed by atoms with van der Waals surface area (Å²) in [7, 11) is 0. The molecule has 0 spiro atoms. The van der Waals surface area contributed by atoms with Gasteiger partial charge >= 0.3 is 0 Å². The smallest absolute Gasteiger partial charge is 0.269 e. The molecule has 1 saturated heterocycles. The third kappa shape index (κ3) is 5.30. The number of carbonyl (C=O) groups excluding carboxylic acids is 1. The molecule has 21 heavy (non-hydrogen) atoms. The van der Waals surface area contributed by atoms with Gasteiger partial charge < -0.3 is 10.1 Å². The Bertz CT molecular complexity index is 475. The van der Waals surface area contributed by atoms with E-state index in [1.54, 1.807) is 0 Å². The molecule has 0 atom stereocenters. The van der Waals surface area contributed by atoms with Gasteiger partial charge in [-0.05, 0) is 12.1 Å². The van der Waals surface area contributed by atoms with Crippen molar-refractivity contribution in [3.05, 3.63) is 39.9 Å². The summed E-state index contributed by atoms with van der Waals surface area (Å²) in [4.78, 5) is 24.1. The van der Waals surface area contributed by atoms with Crippen LogP contribution in [0.1, 0.15) is 10.4 Å². The zero-order valence-corrected chi connectivity index (χ0v) is 12.3. The zero-order valence-electron chi connectivity index (χ0n) is 11.5. The van der Waals surface area contributed by atoms with Crippen molar-refractivity contribution in [1.29, 1.82) is 0 Å². The van der Waals surface area contributed by atoms with Gasteiger partial charge in [0.15, 0.2) is 0 Å². The molecule has 1 heterocycles. The molecule has 1 fully saturated rings. The minimum Gasteiger partial charge on any atom is -0.379 e. The van der Waals surface area contributed by atoms with Crippen LogP contribution >= 0.6 is 12.4 Å². The van der Waals surface area contributed by atoms with Crippen LogP contribution in [0.15, 0.2) is 24.3 Å². The average Bonchev–Trinajstić information content (AvgIpc) is 2.48. The van der Waals surface area contributed by atoms with Crippen LogP contribution < -0.4 is 5.32 Å². The number of morpholine rings is 1. The second-order valence-corrected chi connectivity index (χ2v) is 4.51. The van der Waals surface area contributed by atoms with E-state index in [1.807, 2.05) is 0 Å². The standard InChI is InChI=1S/C13H17N3O4.ClH/c17-13(11-1-3-12(4-2-11)16(18)19)14-5-6-15-7-9-20-10-8-15;/h1-4H,5-10H2,(H,14,17);1H. The Morgan fingerprint density at radius 2 is 1.90 bits per heavy atom. The van der Waals surface area contributed by atoms with Crippen LogP contribution in [-0.4, -0.2) is 55.1 Å². The molecular formula is C13H18ClN3O4. The molecule has 1 N–H and O–H groups in total. The summed E-state index contributed by atoms with van der Waals surface area (Å²) < 4.78 is 5.24. The lowest BCUT2D eigenvalue weighted by Crippen LogP contribution is -2.41. The molecule has 0 bridgehead atoms. The molecule has 1 aromatic rings. The third-order valence-corrected chi connectivity index (χ3v) is 3.16. The first-order valence-corrected chi connectivity index (χ1v) is 6.49. The molecule has 0 aromatic heterocycles. The number of benzene rings is 1. The first kappa shape index (κ1) is 17.4. The summed E-state index contributed by atoms with van der Waals surface area (Å²) in [6.07, 6.45) is 0. The topological polar surface area (TPSA) is 84.7 Å². The molecule has 1 aromatic carbocycles. The van der Waals surface area contributed by atoms with Gasteiger partial charge in [-0.1, -0.05) is 0 Å². The molecule has 0 aliphatic carbocycles. The summed E-state index contributed by atoms with van der Waals surface area (Å²) in [6.45, 7) is 4.56. The summed E-state index contributed by atoms with van der Waals surface area (Å²) in [6, 6.07) is 5.58. The summed E-state index contributed by atoms with van der Waals surface area (Å²) in [5, 5.41) is 13.3. The van der Waals surface area contributed by atoms with E-state index in [4.69, 9.17) is 4.74 Å². The molecule has 0 saturated carbocycles. The Morgan fingerprint density at radius 3 is 2.48 bits per heavy atom. The first-order chi connectivity index (χ1) is 9.66. The predicted octanol–water partition coefficient (Wildman–Crippen LogP) is 1.08. The van der Waals surface area contributed by atoms with E-state index in [0.717, 1.165) is 32.8 Å². The van der Waals surface area contributed by atoms with Crippen LogP contribution in [0.3, 0.4) is 0 Å². The monoisotopic (exact) mass is 315 g/mol. The van der Waals surface area contributed by atoms with Crippen LogP contribution in [0.25, 0.3) is 0 Å². The van der Waals surface area contributed by atoms with E-state index >= 15 is 0 Å². The number of non-ortho nitro benzene ring substituents is 1. The Balaban J connectivity index is 0.00000220. The number of rotatable bonds is 5. The van der Waals surface area contributed by atoms with Crippen molar-refractivity contribution in [3.63, 3.8) is 0 Å². The number of amides is 1. The minimum absolute atomic E-state index is 0. The van der Waals surface area contributed by atoms with E-state index in [-0.39, 0.29) is 24.0 Å². The van der Waals surface area contributed by atoms with Crippen molar-refractivity contribution in [3.8, 4) is 0 Å². The first-order valence-electron chi connectivity index (χ1n) is 6.49. The maximum Gasteiger partial charge on any atom is 0.269 e. The molecule has 7 nitrogen and oxygen atoms in total. The molecule has 1 aliphatic rings. The molecule has 0 radical (unpaired) electrons. The van der Waals surface area contributed by atoms with Crippen molar-refractivity contribution in [2.45, 2.75) is 0 Å².